The fourth-order valence-corrected chi connectivity index (χ4v) is 10.8. The molecule has 4 aliphatic rings. The second-order valence-corrected chi connectivity index (χ2v) is 21.4. The first-order valence-electron chi connectivity index (χ1n) is 25.5. The first-order valence-corrected chi connectivity index (χ1v) is 26.9. The number of benzene rings is 2. The number of allylic oxidation sites excluding steroid dienone is 2. The summed E-state index contributed by atoms with van der Waals surface area (Å²) in [4.78, 5) is 89.8. The van der Waals surface area contributed by atoms with E-state index in [9.17, 15) is 59.1 Å². The number of methoxy groups -OCH3 is 1. The smallest absolute Gasteiger partial charge is 0.312 e. The topological polar surface area (TPSA) is 340 Å². The van der Waals surface area contributed by atoms with Crippen molar-refractivity contribution in [2.24, 2.45) is 23.7 Å². The van der Waals surface area contributed by atoms with Gasteiger partial charge in [-0.05, 0) is 32.1 Å². The lowest BCUT2D eigenvalue weighted by molar-refractivity contribution is -0.254. The molecule has 1 fully saturated rings. The number of ketones is 1. The number of carbonyl (C=O) groups is 7. The number of Topliss-reactive ketones (excluding diaryl/α,β-unsaturated/α-hetero) is 1. The lowest BCUT2D eigenvalue weighted by Crippen LogP contribution is -2.66. The zero-order valence-electron chi connectivity index (χ0n) is 46.6. The van der Waals surface area contributed by atoms with Crippen LogP contribution in [0.5, 0.6) is 23.0 Å². The molecule has 0 spiro atoms. The van der Waals surface area contributed by atoms with Crippen LogP contribution in [0.1, 0.15) is 92.1 Å². The summed E-state index contributed by atoms with van der Waals surface area (Å²) in [6.45, 7) is 15.9. The second kappa shape index (κ2) is 27.2. The zero-order valence-corrected chi connectivity index (χ0v) is 48.2. The molecule has 4 aliphatic heterocycles. The molecule has 0 radical (unpaired) electrons. The number of aromatic hydroxyl groups is 3. The van der Waals surface area contributed by atoms with E-state index >= 15 is 0 Å². The molecule has 1 saturated heterocycles. The number of ether oxygens (including phenoxy) is 9. The summed E-state index contributed by atoms with van der Waals surface area (Å²) in [6, 6.07) is 0. The Morgan fingerprint density at radius 1 is 0.775 bits per heavy atom. The standard InChI is InChI=1S/C54H71N3O21S2/c1-22-15-14-16-23(2)51(69)56-38-42(66)36-35(37-45(27(6)41(36)65)78-54(12,50(37)68)72-19-17-33(70-13)24(3)44(73-29(8)59)26(5)40(64)25(4)39(22)63)43(67)49(38)80-20-18-55-53(79)57-52-48(76-32(11)62)47(75-31(10)61)46(74-30(9)60)34(77-52)21-71-28(7)58/h14-17,19,22,24-26,33-34,39-40,44,46-48,52,63-67H,18,20-21H2,1-13H3,(H,56,69)(H2,55,57,79)/b15-14+,19-17+,23-16-/t22-,24+,25+,26+,33-,34+,39-,40+,44+,46+,47-,48+,52+,54-/m0/s1. The number of thiocarbonyl (C=S) groups is 1. The molecule has 5 bridgehead atoms. The fourth-order valence-electron chi connectivity index (χ4n) is 9.68. The molecule has 0 saturated carbocycles. The number of nitrogens with one attached hydrogen (secondary N) is 3. The maximum Gasteiger partial charge on any atom is 0.312 e. The number of amides is 1. The van der Waals surface area contributed by atoms with Crippen LogP contribution < -0.4 is 20.7 Å². The molecule has 6 rings (SSSR count). The van der Waals surface area contributed by atoms with Crippen LogP contribution in [0.4, 0.5) is 5.69 Å². The van der Waals surface area contributed by atoms with Gasteiger partial charge in [-0.1, -0.05) is 45.9 Å². The minimum Gasteiger partial charge on any atom is -0.507 e. The van der Waals surface area contributed by atoms with Gasteiger partial charge in [0, 0.05) is 101 Å². The predicted molar refractivity (Wildman–Crippen MR) is 290 cm³/mol. The summed E-state index contributed by atoms with van der Waals surface area (Å²) in [7, 11) is 1.39. The van der Waals surface area contributed by atoms with Gasteiger partial charge in [-0.3, -0.25) is 33.6 Å². The van der Waals surface area contributed by atoms with Gasteiger partial charge in [-0.25, -0.2) is 0 Å². The highest BCUT2D eigenvalue weighted by atomic mass is 32.2. The normalized spacial score (nSPS) is 30.5. The van der Waals surface area contributed by atoms with Gasteiger partial charge < -0.3 is 84.1 Å². The molecular weight excluding hydrogens is 1090 g/mol. The van der Waals surface area contributed by atoms with Crippen molar-refractivity contribution in [2.45, 2.75) is 149 Å². The third-order valence-corrected chi connectivity index (χ3v) is 15.2. The minimum atomic E-state index is -2.17. The molecule has 440 valence electrons. The molecule has 0 aromatic heterocycles. The lowest BCUT2D eigenvalue weighted by atomic mass is 9.78. The molecule has 24 nitrogen and oxygen atoms in total. The molecular formula is C54H71N3O21S2. The van der Waals surface area contributed by atoms with Gasteiger partial charge in [0.05, 0.1) is 40.4 Å². The van der Waals surface area contributed by atoms with Gasteiger partial charge in [0.25, 0.3) is 11.7 Å². The van der Waals surface area contributed by atoms with Gasteiger partial charge in [-0.2, -0.15) is 0 Å². The maximum absolute atomic E-state index is 14.7. The number of anilines is 1. The van der Waals surface area contributed by atoms with Crippen LogP contribution in [-0.4, -0.2) is 159 Å². The number of esters is 5. The van der Waals surface area contributed by atoms with E-state index in [1.165, 1.54) is 53.0 Å². The van der Waals surface area contributed by atoms with Crippen LogP contribution in [0.2, 0.25) is 0 Å². The van der Waals surface area contributed by atoms with Crippen molar-refractivity contribution in [1.29, 1.82) is 0 Å². The van der Waals surface area contributed by atoms with Crippen molar-refractivity contribution in [3.05, 3.63) is 47.3 Å². The Labute approximate surface area is 471 Å². The van der Waals surface area contributed by atoms with Crippen LogP contribution in [0.15, 0.2) is 41.0 Å². The van der Waals surface area contributed by atoms with Crippen LogP contribution in [0, 0.1) is 30.6 Å². The number of aliphatic hydroxyl groups excluding tert-OH is 2. The molecule has 80 heavy (non-hydrogen) atoms. The van der Waals surface area contributed by atoms with Crippen LogP contribution in [0.3, 0.4) is 0 Å². The molecule has 8 N–H and O–H groups in total. The van der Waals surface area contributed by atoms with E-state index in [1.807, 2.05) is 0 Å². The summed E-state index contributed by atoms with van der Waals surface area (Å²) in [6.07, 6.45) is -4.17. The largest absolute Gasteiger partial charge is 0.507 e. The third-order valence-electron chi connectivity index (χ3n) is 13.8. The minimum absolute atomic E-state index is 0.0381. The Bertz CT molecular complexity index is 2820. The number of aliphatic hydroxyl groups is 2. The maximum atomic E-state index is 14.7. The van der Waals surface area contributed by atoms with Gasteiger partial charge in [-0.15, -0.1) is 11.8 Å². The van der Waals surface area contributed by atoms with E-state index in [4.69, 9.17) is 54.8 Å². The highest BCUT2D eigenvalue weighted by molar-refractivity contribution is 7.99. The molecule has 26 heteroatoms. The number of hydrogen-bond donors (Lipinski definition) is 8. The molecule has 2 aromatic carbocycles. The summed E-state index contributed by atoms with van der Waals surface area (Å²) >= 11 is 6.45. The predicted octanol–water partition coefficient (Wildman–Crippen LogP) is 4.39. The van der Waals surface area contributed by atoms with Crippen molar-refractivity contribution in [3.63, 3.8) is 0 Å². The Morgan fingerprint density at radius 2 is 1.38 bits per heavy atom. The average Bonchev–Trinajstić information content (AvgIpc) is 3.64. The highest BCUT2D eigenvalue weighted by Crippen LogP contribution is 2.57. The first-order chi connectivity index (χ1) is 37.4. The van der Waals surface area contributed by atoms with E-state index in [2.05, 4.69) is 16.0 Å². The van der Waals surface area contributed by atoms with E-state index in [0.717, 1.165) is 45.7 Å². The fraction of sp³-hybridized carbons (Fsp3) is 0.556. The van der Waals surface area contributed by atoms with Crippen molar-refractivity contribution in [2.75, 3.05) is 31.3 Å². The van der Waals surface area contributed by atoms with Crippen LogP contribution in [-0.2, 0) is 66.7 Å². The van der Waals surface area contributed by atoms with E-state index in [1.54, 1.807) is 33.8 Å². The Hall–Kier alpha value is -6.71. The molecule has 1 amide bonds. The summed E-state index contributed by atoms with van der Waals surface area (Å²) in [5.41, 5.74) is -0.629. The van der Waals surface area contributed by atoms with E-state index < -0.39 is 155 Å². The first kappa shape index (κ1) is 64.1. The Morgan fingerprint density at radius 3 is 1.98 bits per heavy atom. The number of phenolic OH excluding ortho intramolecular Hbond substituents is 3. The van der Waals surface area contributed by atoms with Gasteiger partial charge in [0.2, 0.25) is 0 Å². The van der Waals surface area contributed by atoms with E-state index in [-0.39, 0.29) is 55.8 Å². The zero-order chi connectivity index (χ0) is 59.8. The average molecular weight is 1160 g/mol. The lowest BCUT2D eigenvalue weighted by Gasteiger charge is -2.44. The molecule has 0 unspecified atom stereocenters. The van der Waals surface area contributed by atoms with Crippen LogP contribution in [0.25, 0.3) is 10.8 Å². The van der Waals surface area contributed by atoms with Crippen molar-refractivity contribution < 1.29 is 102 Å². The van der Waals surface area contributed by atoms with Crippen molar-refractivity contribution in [1.82, 2.24) is 10.6 Å². The number of thioether (sulfide) groups is 1. The number of fused-ring (bicyclic) bond motifs is 14. The molecule has 0 aliphatic carbocycles. The molecule has 4 heterocycles. The Kier molecular flexibility index (Phi) is 21.8. The summed E-state index contributed by atoms with van der Waals surface area (Å²) < 4.78 is 51.3. The SMILES string of the molecule is CO[C@H]1/C=C/O[C@@]2(C)Oc3c(C)c(O)c4c(O)c(c(SCCNC(=S)N[C@@H]5O[C@H](COC(C)=O)[C@@H](OC(C)=O)[C@H](OC(C)=O)[C@H]5OC(C)=O)c(O)c4c3C2=O)NC(=O)/C(C)=C\C=C\[C@H](C)[C@H](O)[C@@H](C)[C@@H](O)[C@@H](C)[C@H](OC(C)=O)[C@@H]1C. The van der Waals surface area contributed by atoms with Gasteiger partial charge in [0.1, 0.15) is 41.8 Å². The quantitative estimate of drug-likeness (QED) is 0.0278. The number of carbonyl (C=O) groups excluding carboxylic acids is 7. The van der Waals surface area contributed by atoms with Crippen molar-refractivity contribution in [3.8, 4) is 23.0 Å². The summed E-state index contributed by atoms with van der Waals surface area (Å²) in [5.74, 6) is -12.7. The van der Waals surface area contributed by atoms with E-state index in [0.29, 0.717) is 0 Å². The van der Waals surface area contributed by atoms with Crippen LogP contribution >= 0.6 is 24.0 Å². The monoisotopic (exact) mass is 1160 g/mol. The van der Waals surface area contributed by atoms with Gasteiger partial charge >= 0.3 is 35.6 Å². The number of phenols is 3. The summed E-state index contributed by atoms with van der Waals surface area (Å²) in [5, 5.41) is 66.9. The second-order valence-electron chi connectivity index (χ2n) is 19.9. The molecule has 14 atom stereocenters. The highest BCUT2D eigenvalue weighted by Gasteiger charge is 2.53. The third kappa shape index (κ3) is 14.6. The van der Waals surface area contributed by atoms with Gasteiger partial charge in [0.15, 0.2) is 35.4 Å². The molecule has 2 aromatic rings. The number of rotatable bonds is 12. The van der Waals surface area contributed by atoms with Crippen molar-refractivity contribution >= 4 is 87.1 Å². The number of hydrogen-bond acceptors (Lipinski definition) is 23. The Balaban J connectivity index is 1.56.